The van der Waals surface area contributed by atoms with E-state index in [-0.39, 0.29) is 5.91 Å². The first kappa shape index (κ1) is 17.6. The highest BCUT2D eigenvalue weighted by Gasteiger charge is 2.27. The Morgan fingerprint density at radius 3 is 2.79 bits per heavy atom. The summed E-state index contributed by atoms with van der Waals surface area (Å²) in [7, 11) is 0. The van der Waals surface area contributed by atoms with Crippen LogP contribution in [0.2, 0.25) is 5.02 Å². The SMILES string of the molecule is Cc1cc(Br)cc(NC(=O)c2cc(N3CCC[S+]3[O-])ccc2Cl)c1. The summed E-state index contributed by atoms with van der Waals surface area (Å²) >= 11 is 8.59. The summed E-state index contributed by atoms with van der Waals surface area (Å²) in [6.07, 6.45) is 0.883. The van der Waals surface area contributed by atoms with Gasteiger partial charge in [0.05, 0.1) is 34.2 Å². The van der Waals surface area contributed by atoms with Crippen LogP contribution in [-0.2, 0) is 11.4 Å². The van der Waals surface area contributed by atoms with Crippen LogP contribution in [0.1, 0.15) is 22.3 Å². The molecular weight excluding hydrogens is 412 g/mol. The monoisotopic (exact) mass is 426 g/mol. The van der Waals surface area contributed by atoms with E-state index in [1.165, 1.54) is 0 Å². The van der Waals surface area contributed by atoms with Crippen molar-refractivity contribution >= 4 is 56.2 Å². The van der Waals surface area contributed by atoms with Crippen molar-refractivity contribution in [2.24, 2.45) is 0 Å². The maximum atomic E-state index is 12.6. The minimum Gasteiger partial charge on any atom is -0.593 e. The number of nitrogens with zero attached hydrogens (tertiary/aromatic N) is 1. The van der Waals surface area contributed by atoms with Gasteiger partial charge in [-0.05, 0) is 48.9 Å². The van der Waals surface area contributed by atoms with E-state index in [1.807, 2.05) is 25.1 Å². The molecule has 2 aromatic rings. The van der Waals surface area contributed by atoms with Gasteiger partial charge in [-0.25, -0.2) is 0 Å². The molecule has 126 valence electrons. The second kappa shape index (κ2) is 7.35. The maximum absolute atomic E-state index is 12.6. The third-order valence-electron chi connectivity index (χ3n) is 3.71. The summed E-state index contributed by atoms with van der Waals surface area (Å²) in [5.74, 6) is 0.367. The molecule has 0 spiro atoms. The van der Waals surface area contributed by atoms with E-state index >= 15 is 0 Å². The Labute approximate surface area is 157 Å². The Balaban J connectivity index is 1.86. The van der Waals surface area contributed by atoms with E-state index in [2.05, 4.69) is 21.2 Å². The highest BCUT2D eigenvalue weighted by molar-refractivity contribution is 9.10. The first-order valence-electron chi connectivity index (χ1n) is 7.48. The Bertz CT molecular complexity index is 767. The quantitative estimate of drug-likeness (QED) is 0.732. The van der Waals surface area contributed by atoms with E-state index in [0.717, 1.165) is 28.7 Å². The summed E-state index contributed by atoms with van der Waals surface area (Å²) in [6.45, 7) is 2.68. The number of hydrogen-bond donors (Lipinski definition) is 1. The molecule has 1 saturated heterocycles. The number of nitrogens with one attached hydrogen (secondary N) is 1. The van der Waals surface area contributed by atoms with Crippen LogP contribution in [0.25, 0.3) is 0 Å². The standard InChI is InChI=1S/C17H16BrClN2O2S/c1-11-7-12(18)9-13(8-11)20-17(22)15-10-14(3-4-16(15)19)21-5-2-6-24(21)23/h3-4,7-10H,2,5-6H2,1H3,(H,20,22). The Morgan fingerprint density at radius 2 is 2.12 bits per heavy atom. The molecule has 2 aromatic carbocycles. The van der Waals surface area contributed by atoms with Crippen molar-refractivity contribution in [1.29, 1.82) is 0 Å². The van der Waals surface area contributed by atoms with E-state index < -0.39 is 11.4 Å². The number of hydrogen-bond acceptors (Lipinski definition) is 3. The van der Waals surface area contributed by atoms with Crippen LogP contribution in [0.3, 0.4) is 0 Å². The Morgan fingerprint density at radius 1 is 1.33 bits per heavy atom. The van der Waals surface area contributed by atoms with Crippen LogP contribution in [0.4, 0.5) is 11.4 Å². The van der Waals surface area contributed by atoms with Gasteiger partial charge in [-0.15, -0.1) is 0 Å². The minimum atomic E-state index is -1.03. The highest BCUT2D eigenvalue weighted by atomic mass is 79.9. The van der Waals surface area contributed by atoms with E-state index in [0.29, 0.717) is 22.0 Å². The van der Waals surface area contributed by atoms with Gasteiger partial charge in [0.2, 0.25) is 0 Å². The van der Waals surface area contributed by atoms with Gasteiger partial charge < -0.3 is 9.87 Å². The molecule has 1 fully saturated rings. The largest absolute Gasteiger partial charge is 0.593 e. The average molecular weight is 428 g/mol. The van der Waals surface area contributed by atoms with Gasteiger partial charge in [-0.3, -0.25) is 4.79 Å². The number of carbonyl (C=O) groups is 1. The van der Waals surface area contributed by atoms with Gasteiger partial charge >= 0.3 is 0 Å². The van der Waals surface area contributed by atoms with Gasteiger partial charge in [0.1, 0.15) is 5.75 Å². The van der Waals surface area contributed by atoms with Crippen molar-refractivity contribution in [2.75, 3.05) is 21.9 Å². The van der Waals surface area contributed by atoms with Gasteiger partial charge in [-0.2, -0.15) is 4.31 Å². The molecule has 7 heteroatoms. The topological polar surface area (TPSA) is 55.4 Å². The zero-order chi connectivity index (χ0) is 17.3. The zero-order valence-corrected chi connectivity index (χ0v) is 16.2. The van der Waals surface area contributed by atoms with Crippen molar-refractivity contribution < 1.29 is 9.35 Å². The molecule has 0 saturated carbocycles. The summed E-state index contributed by atoms with van der Waals surface area (Å²) in [6, 6.07) is 10.9. The van der Waals surface area contributed by atoms with Gasteiger partial charge in [-0.1, -0.05) is 27.5 Å². The van der Waals surface area contributed by atoms with Crippen molar-refractivity contribution in [1.82, 2.24) is 0 Å². The fourth-order valence-corrected chi connectivity index (χ4v) is 4.73. The Kier molecular flexibility index (Phi) is 5.39. The van der Waals surface area contributed by atoms with Crippen molar-refractivity contribution in [3.63, 3.8) is 0 Å². The van der Waals surface area contributed by atoms with Crippen LogP contribution < -0.4 is 9.62 Å². The minimum absolute atomic E-state index is 0.288. The average Bonchev–Trinajstić information content (AvgIpc) is 2.92. The predicted molar refractivity (Wildman–Crippen MR) is 103 cm³/mol. The third-order valence-corrected chi connectivity index (χ3v) is 6.02. The van der Waals surface area contributed by atoms with Gasteiger partial charge in [0.25, 0.3) is 5.91 Å². The molecule has 1 unspecified atom stereocenters. The van der Waals surface area contributed by atoms with Crippen molar-refractivity contribution in [3.8, 4) is 0 Å². The third kappa shape index (κ3) is 3.88. The van der Waals surface area contributed by atoms with Crippen LogP contribution in [0.15, 0.2) is 40.9 Å². The second-order valence-electron chi connectivity index (χ2n) is 5.62. The molecule has 4 nitrogen and oxygen atoms in total. The smallest absolute Gasteiger partial charge is 0.257 e. The molecule has 1 amide bonds. The first-order valence-corrected chi connectivity index (χ1v) is 9.93. The predicted octanol–water partition coefficient (Wildman–Crippen LogP) is 4.54. The van der Waals surface area contributed by atoms with Crippen molar-refractivity contribution in [2.45, 2.75) is 13.3 Å². The molecule has 0 aromatic heterocycles. The highest BCUT2D eigenvalue weighted by Crippen LogP contribution is 2.29. The van der Waals surface area contributed by atoms with Crippen LogP contribution in [0, 0.1) is 6.92 Å². The maximum Gasteiger partial charge on any atom is 0.257 e. The second-order valence-corrected chi connectivity index (χ2v) is 8.43. The summed E-state index contributed by atoms with van der Waals surface area (Å²) in [4.78, 5) is 12.6. The lowest BCUT2D eigenvalue weighted by molar-refractivity contribution is 0.102. The lowest BCUT2D eigenvalue weighted by atomic mass is 10.1. The molecule has 0 aliphatic carbocycles. The van der Waals surface area contributed by atoms with E-state index in [1.54, 1.807) is 22.5 Å². The van der Waals surface area contributed by atoms with Gasteiger partial charge in [0.15, 0.2) is 0 Å². The van der Waals surface area contributed by atoms with Crippen LogP contribution in [-0.4, -0.2) is 22.8 Å². The van der Waals surface area contributed by atoms with Gasteiger partial charge in [0, 0.05) is 16.6 Å². The lowest BCUT2D eigenvalue weighted by Crippen LogP contribution is -2.25. The fraction of sp³-hybridized carbons (Fsp3) is 0.235. The van der Waals surface area contributed by atoms with Crippen LogP contribution in [0.5, 0.6) is 0 Å². The molecule has 1 N–H and O–H groups in total. The number of anilines is 2. The number of aryl methyl sites for hydroxylation is 1. The number of rotatable bonds is 3. The molecule has 1 heterocycles. The van der Waals surface area contributed by atoms with E-state index in [9.17, 15) is 9.35 Å². The number of amides is 1. The zero-order valence-electron chi connectivity index (χ0n) is 13.0. The number of halogens is 2. The molecular formula is C17H16BrClN2O2S. The first-order chi connectivity index (χ1) is 11.4. The normalized spacial score (nSPS) is 17.2. The molecule has 0 bridgehead atoms. The molecule has 1 atom stereocenters. The number of carbonyl (C=O) groups excluding carboxylic acids is 1. The number of benzene rings is 2. The lowest BCUT2D eigenvalue weighted by Gasteiger charge is -2.19. The Hall–Kier alpha value is -1.21. The molecule has 1 aliphatic rings. The summed E-state index contributed by atoms with van der Waals surface area (Å²) in [5, 5.41) is 3.23. The summed E-state index contributed by atoms with van der Waals surface area (Å²) in [5.41, 5.74) is 2.85. The molecule has 24 heavy (non-hydrogen) atoms. The fourth-order valence-electron chi connectivity index (χ4n) is 2.64. The van der Waals surface area contributed by atoms with E-state index in [4.69, 9.17) is 11.6 Å². The molecule has 3 rings (SSSR count). The molecule has 1 aliphatic heterocycles. The molecule has 0 radical (unpaired) electrons. The summed E-state index contributed by atoms with van der Waals surface area (Å²) < 4.78 is 14.7. The van der Waals surface area contributed by atoms with Crippen LogP contribution >= 0.6 is 27.5 Å². The van der Waals surface area contributed by atoms with Crippen molar-refractivity contribution in [3.05, 3.63) is 57.0 Å².